The van der Waals surface area contributed by atoms with Gasteiger partial charge in [-0.1, -0.05) is 34.6 Å². The lowest BCUT2D eigenvalue weighted by molar-refractivity contribution is 0.108. The van der Waals surface area contributed by atoms with Crippen LogP contribution in [0.5, 0.6) is 0 Å². The van der Waals surface area contributed by atoms with Crippen molar-refractivity contribution in [2.45, 2.75) is 41.0 Å². The van der Waals surface area contributed by atoms with Crippen LogP contribution in [0.15, 0.2) is 0 Å². The molecule has 0 aliphatic heterocycles. The minimum atomic E-state index is 0.409. The molecule has 0 saturated carbocycles. The van der Waals surface area contributed by atoms with Crippen molar-refractivity contribution in [3.8, 4) is 0 Å². The van der Waals surface area contributed by atoms with Crippen LogP contribution in [0.3, 0.4) is 0 Å². The summed E-state index contributed by atoms with van der Waals surface area (Å²) in [6, 6.07) is 0. The monoisotopic (exact) mass is 172 g/mol. The number of hydrogen-bond acceptors (Lipinski definition) is 1. The van der Waals surface area contributed by atoms with Gasteiger partial charge in [-0.15, -0.1) is 0 Å². The molecule has 0 aliphatic rings. The van der Waals surface area contributed by atoms with Gasteiger partial charge in [0.15, 0.2) is 0 Å². The fourth-order valence-corrected chi connectivity index (χ4v) is 2.01. The maximum absolute atomic E-state index is 5.12. The van der Waals surface area contributed by atoms with Crippen molar-refractivity contribution >= 4 is 0 Å². The van der Waals surface area contributed by atoms with E-state index in [-0.39, 0.29) is 0 Å². The first-order valence-electron chi connectivity index (χ1n) is 4.88. The van der Waals surface area contributed by atoms with E-state index in [4.69, 9.17) is 4.74 Å². The summed E-state index contributed by atoms with van der Waals surface area (Å²) in [5.74, 6) is 1.51. The second-order valence-electron chi connectivity index (χ2n) is 5.00. The molecule has 0 aromatic heterocycles. The van der Waals surface area contributed by atoms with Gasteiger partial charge in [0, 0.05) is 13.7 Å². The van der Waals surface area contributed by atoms with Crippen LogP contribution in [0.25, 0.3) is 0 Å². The molecule has 0 amide bonds. The second kappa shape index (κ2) is 4.86. The van der Waals surface area contributed by atoms with Crippen molar-refractivity contribution in [2.24, 2.45) is 17.3 Å². The lowest BCUT2D eigenvalue weighted by Crippen LogP contribution is -2.26. The molecule has 0 heterocycles. The average molecular weight is 172 g/mol. The molecule has 0 aliphatic carbocycles. The van der Waals surface area contributed by atoms with Gasteiger partial charge in [-0.2, -0.15) is 0 Å². The molecule has 12 heavy (non-hydrogen) atoms. The first-order chi connectivity index (χ1) is 5.39. The Labute approximate surface area is 77.5 Å². The Hall–Kier alpha value is -0.0400. The van der Waals surface area contributed by atoms with Gasteiger partial charge in [0.2, 0.25) is 0 Å². The first kappa shape index (κ1) is 12.0. The zero-order valence-corrected chi connectivity index (χ0v) is 9.48. The van der Waals surface area contributed by atoms with E-state index in [0.717, 1.165) is 18.4 Å². The summed E-state index contributed by atoms with van der Waals surface area (Å²) in [6.45, 7) is 12.4. The van der Waals surface area contributed by atoms with Crippen molar-refractivity contribution in [2.75, 3.05) is 13.7 Å². The fraction of sp³-hybridized carbons (Fsp3) is 1.00. The third-order valence-corrected chi connectivity index (χ3v) is 2.55. The third-order valence-electron chi connectivity index (χ3n) is 2.55. The molecule has 0 rings (SSSR count). The summed E-state index contributed by atoms with van der Waals surface area (Å²) in [4.78, 5) is 0. The maximum atomic E-state index is 5.12. The van der Waals surface area contributed by atoms with Gasteiger partial charge < -0.3 is 4.74 Å². The van der Waals surface area contributed by atoms with Crippen LogP contribution in [-0.2, 0) is 4.74 Å². The fourth-order valence-electron chi connectivity index (χ4n) is 2.01. The van der Waals surface area contributed by atoms with E-state index < -0.39 is 0 Å². The zero-order chi connectivity index (χ0) is 9.78. The molecule has 0 unspecified atom stereocenters. The van der Waals surface area contributed by atoms with E-state index >= 15 is 0 Å². The van der Waals surface area contributed by atoms with E-state index in [1.165, 1.54) is 6.42 Å². The summed E-state index contributed by atoms with van der Waals surface area (Å²) >= 11 is 0. The van der Waals surface area contributed by atoms with Gasteiger partial charge in [-0.25, -0.2) is 0 Å². The standard InChI is InChI=1S/C11H24O/c1-9(2)10(7-8-12-6)11(3,4)5/h9-10H,7-8H2,1-6H3/t10-/m0/s1. The predicted octanol–water partition coefficient (Wildman–Crippen LogP) is 3.34. The lowest BCUT2D eigenvalue weighted by atomic mass is 9.73. The highest BCUT2D eigenvalue weighted by molar-refractivity contribution is 4.76. The highest BCUT2D eigenvalue weighted by Crippen LogP contribution is 2.34. The Morgan fingerprint density at radius 2 is 1.67 bits per heavy atom. The largest absolute Gasteiger partial charge is 0.385 e. The van der Waals surface area contributed by atoms with E-state index in [2.05, 4.69) is 34.6 Å². The molecular weight excluding hydrogens is 148 g/mol. The summed E-state index contributed by atoms with van der Waals surface area (Å²) in [6.07, 6.45) is 1.18. The summed E-state index contributed by atoms with van der Waals surface area (Å²) in [5, 5.41) is 0. The average Bonchev–Trinajstić information content (AvgIpc) is 1.84. The van der Waals surface area contributed by atoms with Crippen LogP contribution < -0.4 is 0 Å². The van der Waals surface area contributed by atoms with Crippen molar-refractivity contribution in [1.82, 2.24) is 0 Å². The predicted molar refractivity (Wildman–Crippen MR) is 54.3 cm³/mol. The molecule has 0 fully saturated rings. The maximum Gasteiger partial charge on any atom is 0.0465 e. The zero-order valence-electron chi connectivity index (χ0n) is 9.48. The Morgan fingerprint density at radius 1 is 1.17 bits per heavy atom. The molecule has 0 bridgehead atoms. The molecule has 0 radical (unpaired) electrons. The molecule has 1 heteroatoms. The number of rotatable bonds is 4. The Bertz CT molecular complexity index is 111. The van der Waals surface area contributed by atoms with Gasteiger partial charge >= 0.3 is 0 Å². The van der Waals surface area contributed by atoms with Crippen LogP contribution in [0.4, 0.5) is 0 Å². The minimum absolute atomic E-state index is 0.409. The van der Waals surface area contributed by atoms with Crippen LogP contribution in [-0.4, -0.2) is 13.7 Å². The molecule has 0 aromatic rings. The number of methoxy groups -OCH3 is 1. The minimum Gasteiger partial charge on any atom is -0.385 e. The highest BCUT2D eigenvalue weighted by atomic mass is 16.5. The SMILES string of the molecule is COCC[C@@H](C(C)C)C(C)(C)C. The van der Waals surface area contributed by atoms with Crippen molar-refractivity contribution in [3.63, 3.8) is 0 Å². The first-order valence-corrected chi connectivity index (χ1v) is 4.88. The normalized spacial score (nSPS) is 15.2. The molecule has 0 saturated heterocycles. The molecule has 1 nitrogen and oxygen atoms in total. The second-order valence-corrected chi connectivity index (χ2v) is 5.00. The van der Waals surface area contributed by atoms with E-state index in [9.17, 15) is 0 Å². The quantitative estimate of drug-likeness (QED) is 0.632. The molecule has 74 valence electrons. The van der Waals surface area contributed by atoms with E-state index in [0.29, 0.717) is 5.41 Å². The van der Waals surface area contributed by atoms with Gasteiger partial charge in [-0.3, -0.25) is 0 Å². The Morgan fingerprint density at radius 3 is 1.92 bits per heavy atom. The molecular formula is C11H24O. The Kier molecular flexibility index (Phi) is 4.84. The summed E-state index contributed by atoms with van der Waals surface area (Å²) in [5.41, 5.74) is 0.409. The van der Waals surface area contributed by atoms with Crippen molar-refractivity contribution in [1.29, 1.82) is 0 Å². The summed E-state index contributed by atoms with van der Waals surface area (Å²) in [7, 11) is 1.78. The van der Waals surface area contributed by atoms with Crippen LogP contribution in [0.1, 0.15) is 41.0 Å². The van der Waals surface area contributed by atoms with Crippen LogP contribution in [0, 0.1) is 17.3 Å². The highest BCUT2D eigenvalue weighted by Gasteiger charge is 2.26. The number of ether oxygens (including phenoxy) is 1. The van der Waals surface area contributed by atoms with Gasteiger partial charge in [0.25, 0.3) is 0 Å². The van der Waals surface area contributed by atoms with Crippen LogP contribution in [0.2, 0.25) is 0 Å². The summed E-state index contributed by atoms with van der Waals surface area (Å²) < 4.78 is 5.12. The smallest absolute Gasteiger partial charge is 0.0465 e. The molecule has 0 spiro atoms. The molecule has 0 aromatic carbocycles. The van der Waals surface area contributed by atoms with Crippen molar-refractivity contribution in [3.05, 3.63) is 0 Å². The van der Waals surface area contributed by atoms with E-state index in [1.54, 1.807) is 7.11 Å². The molecule has 1 atom stereocenters. The van der Waals surface area contributed by atoms with Gasteiger partial charge in [0.1, 0.15) is 0 Å². The number of hydrogen-bond donors (Lipinski definition) is 0. The van der Waals surface area contributed by atoms with E-state index in [1.807, 2.05) is 0 Å². The molecule has 0 N–H and O–H groups in total. The third kappa shape index (κ3) is 4.10. The van der Waals surface area contributed by atoms with Gasteiger partial charge in [-0.05, 0) is 23.7 Å². The topological polar surface area (TPSA) is 9.23 Å². The van der Waals surface area contributed by atoms with Gasteiger partial charge in [0.05, 0.1) is 0 Å². The van der Waals surface area contributed by atoms with Crippen LogP contribution >= 0.6 is 0 Å². The lowest BCUT2D eigenvalue weighted by Gasteiger charge is -2.33. The Balaban J connectivity index is 4.05. The van der Waals surface area contributed by atoms with Crippen molar-refractivity contribution < 1.29 is 4.74 Å².